The number of hydrogen-bond acceptors (Lipinski definition) is 9. The number of aliphatic hydroxyl groups is 1. The lowest BCUT2D eigenvalue weighted by atomic mass is 9.91. The molecule has 2 heterocycles. The van der Waals surface area contributed by atoms with Gasteiger partial charge in [-0.15, -0.1) is 0 Å². The summed E-state index contributed by atoms with van der Waals surface area (Å²) in [7, 11) is 2.16. The number of alkyl carbamates (subject to hydrolysis) is 1. The van der Waals surface area contributed by atoms with Gasteiger partial charge in [-0.05, 0) is 19.8 Å². The minimum Gasteiger partial charge on any atom is -0.450 e. The van der Waals surface area contributed by atoms with E-state index in [0.29, 0.717) is 38.4 Å². The van der Waals surface area contributed by atoms with Gasteiger partial charge >= 0.3 is 11.8 Å². The molecule has 1 fully saturated rings. The molecule has 13 heteroatoms. The highest BCUT2D eigenvalue weighted by Gasteiger charge is 2.33. The molecule has 11 nitrogen and oxygen atoms in total. The molecule has 4 atom stereocenters. The first kappa shape index (κ1) is 30.3. The highest BCUT2D eigenvalue weighted by Crippen LogP contribution is 2.32. The minimum absolute atomic E-state index is 0.0566. The lowest BCUT2D eigenvalue weighted by Crippen LogP contribution is -2.33. The minimum atomic E-state index is -0.483. The molecule has 1 aliphatic rings. The zero-order chi connectivity index (χ0) is 25.7. The molecule has 0 bridgehead atoms. The van der Waals surface area contributed by atoms with E-state index in [1.807, 2.05) is 20.8 Å². The first-order valence-corrected chi connectivity index (χ1v) is 12.5. The van der Waals surface area contributed by atoms with Crippen LogP contribution in [0, 0.1) is 11.3 Å². The highest BCUT2D eigenvalue weighted by molar-refractivity contribution is 8.13. The highest BCUT2D eigenvalue weighted by atomic mass is 32.2. The van der Waals surface area contributed by atoms with Crippen LogP contribution in [0.15, 0.2) is 21.9 Å². The zero-order valence-electron chi connectivity index (χ0n) is 20.1. The summed E-state index contributed by atoms with van der Waals surface area (Å²) in [6.07, 6.45) is 1.61. The van der Waals surface area contributed by atoms with Crippen molar-refractivity contribution in [3.8, 4) is 0 Å². The average molecular weight is 522 g/mol. The molecule has 194 valence electrons. The third-order valence-electron chi connectivity index (χ3n) is 5.06. The van der Waals surface area contributed by atoms with Crippen LogP contribution in [0.5, 0.6) is 0 Å². The molecule has 0 radical (unpaired) electrons. The van der Waals surface area contributed by atoms with Gasteiger partial charge in [-0.1, -0.05) is 32.5 Å². The molecular weight excluding hydrogens is 485 g/mol. The van der Waals surface area contributed by atoms with Crippen LogP contribution in [0.4, 0.5) is 4.79 Å². The molecule has 0 saturated carbocycles. The average Bonchev–Trinajstić information content (AvgIpc) is 3.15. The number of aromatic nitrogens is 2. The number of nitrogens with zero attached hydrogens (tertiary/aromatic N) is 1. The van der Waals surface area contributed by atoms with E-state index in [1.165, 1.54) is 28.6 Å². The third-order valence-corrected chi connectivity index (χ3v) is 6.49. The number of ether oxygens (including phenoxy) is 2. The quantitative estimate of drug-likeness (QED) is 0.309. The number of hydrogen-bond donors (Lipinski definition) is 3. The van der Waals surface area contributed by atoms with Crippen LogP contribution in [0.2, 0.25) is 0 Å². The van der Waals surface area contributed by atoms with Gasteiger partial charge in [-0.3, -0.25) is 19.1 Å². The third kappa shape index (κ3) is 10.3. The van der Waals surface area contributed by atoms with Crippen molar-refractivity contribution in [1.29, 1.82) is 0 Å². The van der Waals surface area contributed by atoms with Gasteiger partial charge in [0.25, 0.3) is 5.56 Å². The van der Waals surface area contributed by atoms with Crippen LogP contribution in [0.25, 0.3) is 0 Å². The predicted octanol–water partition coefficient (Wildman–Crippen LogP) is 1.67. The van der Waals surface area contributed by atoms with Crippen molar-refractivity contribution >= 4 is 32.4 Å². The summed E-state index contributed by atoms with van der Waals surface area (Å²) in [5, 5.41) is 11.7. The maximum absolute atomic E-state index is 11.9. The molecule has 0 aromatic carbocycles. The van der Waals surface area contributed by atoms with Crippen molar-refractivity contribution < 1.29 is 28.7 Å². The molecule has 1 amide bonds. The Kier molecular flexibility index (Phi) is 13.6. The fourth-order valence-electron chi connectivity index (χ4n) is 3.14. The number of aliphatic hydroxyl groups excluding tert-OH is 1. The van der Waals surface area contributed by atoms with Gasteiger partial charge in [-0.2, -0.15) is 0 Å². The molecular formula is C21H36N3O8PS. The lowest BCUT2D eigenvalue weighted by molar-refractivity contribution is -0.118. The summed E-state index contributed by atoms with van der Waals surface area (Å²) >= 11 is 1.26. The van der Waals surface area contributed by atoms with Crippen LogP contribution < -0.4 is 16.6 Å². The Morgan fingerprint density at radius 1 is 1.41 bits per heavy atom. The number of thioether (sulfide) groups is 1. The van der Waals surface area contributed by atoms with Crippen LogP contribution >= 0.6 is 21.2 Å². The number of rotatable bonds is 10. The lowest BCUT2D eigenvalue weighted by Gasteiger charge is -2.22. The molecule has 1 aromatic rings. The molecule has 34 heavy (non-hydrogen) atoms. The van der Waals surface area contributed by atoms with Gasteiger partial charge in [0.2, 0.25) is 0 Å². The second kappa shape index (κ2) is 15.3. The van der Waals surface area contributed by atoms with Crippen LogP contribution in [0.3, 0.4) is 0 Å². The molecule has 3 N–H and O–H groups in total. The van der Waals surface area contributed by atoms with E-state index in [2.05, 4.69) is 19.8 Å². The molecule has 1 aromatic heterocycles. The van der Waals surface area contributed by atoms with E-state index in [4.69, 9.17) is 19.1 Å². The van der Waals surface area contributed by atoms with Crippen molar-refractivity contribution in [2.24, 2.45) is 11.3 Å². The summed E-state index contributed by atoms with van der Waals surface area (Å²) in [6.45, 7) is 8.68. The van der Waals surface area contributed by atoms with Crippen molar-refractivity contribution in [2.45, 2.75) is 52.9 Å². The molecule has 1 aliphatic heterocycles. The Bertz CT molecular complexity index is 891. The number of carbonyl (C=O) groups is 2. The summed E-state index contributed by atoms with van der Waals surface area (Å²) in [5.41, 5.74) is -1.38. The second-order valence-electron chi connectivity index (χ2n) is 8.35. The fraction of sp³-hybridized carbons (Fsp3) is 0.714. The van der Waals surface area contributed by atoms with Gasteiger partial charge in [0.15, 0.2) is 5.12 Å². The van der Waals surface area contributed by atoms with Crippen molar-refractivity contribution in [2.75, 3.05) is 32.1 Å². The topological polar surface area (TPSA) is 149 Å². The predicted molar refractivity (Wildman–Crippen MR) is 133 cm³/mol. The summed E-state index contributed by atoms with van der Waals surface area (Å²) < 4.78 is 16.4. The smallest absolute Gasteiger partial charge is 0.407 e. The monoisotopic (exact) mass is 521 g/mol. The summed E-state index contributed by atoms with van der Waals surface area (Å²) in [6, 6.07) is 1.28. The first-order valence-electron chi connectivity index (χ1n) is 11.0. The number of amides is 1. The Balaban J connectivity index is 0.000000341. The van der Waals surface area contributed by atoms with Crippen molar-refractivity contribution in [3.05, 3.63) is 33.1 Å². The van der Waals surface area contributed by atoms with E-state index < -0.39 is 29.0 Å². The first-order chi connectivity index (χ1) is 16.0. The normalized spacial score (nSPS) is 19.8. The largest absolute Gasteiger partial charge is 0.450 e. The van der Waals surface area contributed by atoms with Gasteiger partial charge < -0.3 is 24.4 Å². The number of H-pyrrole nitrogens is 1. The molecule has 0 spiro atoms. The van der Waals surface area contributed by atoms with Crippen LogP contribution in [0.1, 0.15) is 46.8 Å². The van der Waals surface area contributed by atoms with Gasteiger partial charge in [0, 0.05) is 45.4 Å². The zero-order valence-corrected chi connectivity index (χ0v) is 22.0. The Hall–Kier alpha value is -1.72. The summed E-state index contributed by atoms with van der Waals surface area (Å²) in [5.74, 6) is 0.762. The molecule has 0 aliphatic carbocycles. The SMILES string of the molecule is CC1CC(CO)OC1n1ccc(=O)[nH]c1=O.CCOC(=O)NCCC(C)(C)C(=O)SCCOP. The van der Waals surface area contributed by atoms with Gasteiger partial charge in [0.1, 0.15) is 6.23 Å². The van der Waals surface area contributed by atoms with E-state index in [0.717, 1.165) is 0 Å². The Morgan fingerprint density at radius 3 is 2.68 bits per heavy atom. The van der Waals surface area contributed by atoms with Crippen molar-refractivity contribution in [1.82, 2.24) is 14.9 Å². The molecule has 4 unspecified atom stereocenters. The van der Waals surface area contributed by atoms with E-state index >= 15 is 0 Å². The van der Waals surface area contributed by atoms with Gasteiger partial charge in [-0.25, -0.2) is 9.59 Å². The van der Waals surface area contributed by atoms with E-state index in [1.54, 1.807) is 6.92 Å². The van der Waals surface area contributed by atoms with E-state index in [-0.39, 0.29) is 23.7 Å². The molecule has 2 rings (SSSR count). The van der Waals surface area contributed by atoms with Crippen molar-refractivity contribution in [3.63, 3.8) is 0 Å². The van der Waals surface area contributed by atoms with Gasteiger partial charge in [0.05, 0.1) is 25.9 Å². The Labute approximate surface area is 205 Å². The fourth-order valence-corrected chi connectivity index (χ4v) is 4.29. The van der Waals surface area contributed by atoms with Crippen LogP contribution in [-0.4, -0.2) is 64.1 Å². The Morgan fingerprint density at radius 2 is 2.12 bits per heavy atom. The number of carbonyl (C=O) groups excluding carboxylic acids is 2. The van der Waals surface area contributed by atoms with Crippen LogP contribution in [-0.2, 0) is 18.8 Å². The molecule has 1 saturated heterocycles. The second-order valence-corrected chi connectivity index (χ2v) is 9.75. The maximum atomic E-state index is 11.9. The van der Waals surface area contributed by atoms with E-state index in [9.17, 15) is 19.2 Å². The standard InChI is InChI=1S/C11H22NO4PS.C10H14N2O4/c1-4-15-10(14)12-6-5-11(2,3)9(13)18-8-7-16-17;1-6-4-7(5-13)16-9(6)12-3-2-8(14)11-10(12)15/h4-8,17H2,1-3H3,(H,12,14);2-3,6-7,9,13H,4-5H2,1H3,(H,11,14,15). The maximum Gasteiger partial charge on any atom is 0.407 e. The number of aromatic amines is 1. The number of nitrogens with one attached hydrogen (secondary N) is 2. The summed E-state index contributed by atoms with van der Waals surface area (Å²) in [4.78, 5) is 47.6.